The van der Waals surface area contributed by atoms with Crippen LogP contribution in [0.5, 0.6) is 0 Å². The van der Waals surface area contributed by atoms with Crippen LogP contribution in [0, 0.1) is 0 Å². The average Bonchev–Trinajstić information content (AvgIpc) is 2.66. The maximum absolute atomic E-state index is 3.81. The lowest BCUT2D eigenvalue weighted by molar-refractivity contribution is 0.281. The molecule has 0 amide bonds. The Kier molecular flexibility index (Phi) is 5.87. The lowest BCUT2D eigenvalue weighted by Crippen LogP contribution is -2.33. The van der Waals surface area contributed by atoms with E-state index in [0.717, 1.165) is 0 Å². The maximum atomic E-state index is 3.81. The van der Waals surface area contributed by atoms with Gasteiger partial charge in [-0.1, -0.05) is 37.3 Å². The number of nitrogens with one attached hydrogen (secondary N) is 1. The van der Waals surface area contributed by atoms with Crippen LogP contribution >= 0.6 is 0 Å². The van der Waals surface area contributed by atoms with Crippen LogP contribution in [0.4, 0.5) is 0 Å². The van der Waals surface area contributed by atoms with E-state index in [1.807, 2.05) is 0 Å². The maximum Gasteiger partial charge on any atom is 0.0294 e. The van der Waals surface area contributed by atoms with Crippen LogP contribution in [0.15, 0.2) is 30.3 Å². The zero-order chi connectivity index (χ0) is 13.5. The summed E-state index contributed by atoms with van der Waals surface area (Å²) in [6.45, 7) is 8.36. The second kappa shape index (κ2) is 7.66. The van der Waals surface area contributed by atoms with Crippen molar-refractivity contribution in [2.45, 2.75) is 51.6 Å². The van der Waals surface area contributed by atoms with E-state index in [0.29, 0.717) is 12.1 Å². The molecule has 1 aromatic carbocycles. The van der Waals surface area contributed by atoms with Gasteiger partial charge in [0.05, 0.1) is 0 Å². The molecule has 2 heteroatoms. The molecule has 1 N–H and O–H groups in total. The van der Waals surface area contributed by atoms with Gasteiger partial charge < -0.3 is 10.2 Å². The minimum atomic E-state index is 0.462. The van der Waals surface area contributed by atoms with E-state index >= 15 is 0 Å². The molecule has 1 heterocycles. The van der Waals surface area contributed by atoms with Gasteiger partial charge in [0.15, 0.2) is 0 Å². The number of likely N-dealkylation sites (tertiary alicyclic amines) is 1. The van der Waals surface area contributed by atoms with Gasteiger partial charge in [0.2, 0.25) is 0 Å². The lowest BCUT2D eigenvalue weighted by Gasteiger charge is -2.23. The summed E-state index contributed by atoms with van der Waals surface area (Å²) in [5.74, 6) is 0. The molecule has 1 aliphatic rings. The molecule has 106 valence electrons. The third-order valence-electron chi connectivity index (χ3n) is 4.15. The predicted molar refractivity (Wildman–Crippen MR) is 82.4 cm³/mol. The molecule has 0 saturated carbocycles. The topological polar surface area (TPSA) is 15.3 Å². The smallest absolute Gasteiger partial charge is 0.0294 e. The standard InChI is InChI=1S/C17H28N2/c1-3-12-19-13-7-10-17(11-14-19)18-15(2)16-8-5-4-6-9-16/h4-6,8-9,15,17-18H,3,7,10-14H2,1-2H3/t15-,17?/m0/s1. The normalized spacial score (nSPS) is 22.9. The van der Waals surface area contributed by atoms with E-state index in [-0.39, 0.29) is 0 Å². The highest BCUT2D eigenvalue weighted by atomic mass is 15.1. The van der Waals surface area contributed by atoms with Crippen LogP contribution in [0.25, 0.3) is 0 Å². The molecule has 2 rings (SSSR count). The Morgan fingerprint density at radius 1 is 1.21 bits per heavy atom. The zero-order valence-electron chi connectivity index (χ0n) is 12.4. The molecule has 0 spiro atoms. The van der Waals surface area contributed by atoms with E-state index in [1.165, 1.54) is 50.9 Å². The summed E-state index contributed by atoms with van der Waals surface area (Å²) in [6, 6.07) is 11.9. The second-order valence-electron chi connectivity index (χ2n) is 5.77. The Morgan fingerprint density at radius 3 is 2.74 bits per heavy atom. The Hall–Kier alpha value is -0.860. The summed E-state index contributed by atoms with van der Waals surface area (Å²) in [5, 5.41) is 3.81. The molecule has 0 aromatic heterocycles. The molecule has 1 aromatic rings. The fourth-order valence-corrected chi connectivity index (χ4v) is 3.05. The Balaban J connectivity index is 1.83. The van der Waals surface area contributed by atoms with Crippen molar-refractivity contribution in [3.8, 4) is 0 Å². The van der Waals surface area contributed by atoms with Crippen molar-refractivity contribution < 1.29 is 0 Å². The summed E-state index contributed by atoms with van der Waals surface area (Å²) in [7, 11) is 0. The first-order chi connectivity index (χ1) is 9.29. The Bertz CT molecular complexity index is 350. The van der Waals surface area contributed by atoms with Gasteiger partial charge in [-0.2, -0.15) is 0 Å². The van der Waals surface area contributed by atoms with E-state index in [2.05, 4.69) is 54.4 Å². The van der Waals surface area contributed by atoms with Crippen LogP contribution < -0.4 is 5.32 Å². The number of hydrogen-bond acceptors (Lipinski definition) is 2. The summed E-state index contributed by atoms with van der Waals surface area (Å²) in [4.78, 5) is 2.62. The molecule has 2 atom stereocenters. The first-order valence-electron chi connectivity index (χ1n) is 7.83. The molecule has 0 bridgehead atoms. The summed E-state index contributed by atoms with van der Waals surface area (Å²) >= 11 is 0. The number of rotatable bonds is 5. The second-order valence-corrected chi connectivity index (χ2v) is 5.77. The van der Waals surface area contributed by atoms with Crippen LogP contribution in [0.2, 0.25) is 0 Å². The quantitative estimate of drug-likeness (QED) is 0.870. The largest absolute Gasteiger partial charge is 0.307 e. The first-order valence-corrected chi connectivity index (χ1v) is 7.83. The highest BCUT2D eigenvalue weighted by Crippen LogP contribution is 2.17. The van der Waals surface area contributed by atoms with E-state index in [4.69, 9.17) is 0 Å². The van der Waals surface area contributed by atoms with Gasteiger partial charge in [0.1, 0.15) is 0 Å². The fourth-order valence-electron chi connectivity index (χ4n) is 3.05. The monoisotopic (exact) mass is 260 g/mol. The van der Waals surface area contributed by atoms with Crippen molar-refractivity contribution >= 4 is 0 Å². The summed E-state index contributed by atoms with van der Waals surface area (Å²) < 4.78 is 0. The highest BCUT2D eigenvalue weighted by molar-refractivity contribution is 5.18. The van der Waals surface area contributed by atoms with Crippen molar-refractivity contribution in [1.82, 2.24) is 10.2 Å². The van der Waals surface area contributed by atoms with E-state index in [1.54, 1.807) is 0 Å². The van der Waals surface area contributed by atoms with Gasteiger partial charge in [-0.25, -0.2) is 0 Å². The molecule has 2 nitrogen and oxygen atoms in total. The molecule has 1 saturated heterocycles. The fraction of sp³-hybridized carbons (Fsp3) is 0.647. The highest BCUT2D eigenvalue weighted by Gasteiger charge is 2.18. The molecular weight excluding hydrogens is 232 g/mol. The van der Waals surface area contributed by atoms with Gasteiger partial charge in [-0.3, -0.25) is 0 Å². The SMILES string of the molecule is CCCN1CCCC(N[C@@H](C)c2ccccc2)CC1. The minimum absolute atomic E-state index is 0.462. The Labute approximate surface area is 118 Å². The van der Waals surface area contributed by atoms with Gasteiger partial charge in [-0.15, -0.1) is 0 Å². The van der Waals surface area contributed by atoms with Gasteiger partial charge >= 0.3 is 0 Å². The van der Waals surface area contributed by atoms with Gasteiger partial charge in [0, 0.05) is 12.1 Å². The van der Waals surface area contributed by atoms with Crippen LogP contribution in [0.1, 0.15) is 51.1 Å². The molecule has 19 heavy (non-hydrogen) atoms. The van der Waals surface area contributed by atoms with Crippen LogP contribution in [-0.4, -0.2) is 30.6 Å². The third-order valence-corrected chi connectivity index (χ3v) is 4.15. The minimum Gasteiger partial charge on any atom is -0.307 e. The van der Waals surface area contributed by atoms with Gasteiger partial charge in [0.25, 0.3) is 0 Å². The zero-order valence-corrected chi connectivity index (χ0v) is 12.4. The number of nitrogens with zero attached hydrogens (tertiary/aromatic N) is 1. The van der Waals surface area contributed by atoms with E-state index in [9.17, 15) is 0 Å². The predicted octanol–water partition coefficient (Wildman–Crippen LogP) is 3.60. The third kappa shape index (κ3) is 4.63. The Morgan fingerprint density at radius 2 is 2.00 bits per heavy atom. The lowest BCUT2D eigenvalue weighted by atomic mass is 10.0. The number of hydrogen-bond donors (Lipinski definition) is 1. The van der Waals surface area contributed by atoms with E-state index < -0.39 is 0 Å². The molecular formula is C17H28N2. The van der Waals surface area contributed by atoms with Crippen LogP contribution in [0.3, 0.4) is 0 Å². The molecule has 0 radical (unpaired) electrons. The number of benzene rings is 1. The van der Waals surface area contributed by atoms with Crippen molar-refractivity contribution in [2.24, 2.45) is 0 Å². The van der Waals surface area contributed by atoms with Crippen molar-refractivity contribution in [2.75, 3.05) is 19.6 Å². The van der Waals surface area contributed by atoms with Crippen molar-refractivity contribution in [3.63, 3.8) is 0 Å². The summed E-state index contributed by atoms with van der Waals surface area (Å²) in [6.07, 6.45) is 5.21. The molecule has 1 unspecified atom stereocenters. The van der Waals surface area contributed by atoms with Crippen LogP contribution in [-0.2, 0) is 0 Å². The first kappa shape index (κ1) is 14.5. The van der Waals surface area contributed by atoms with Gasteiger partial charge in [-0.05, 0) is 57.8 Å². The average molecular weight is 260 g/mol. The molecule has 0 aliphatic carbocycles. The summed E-state index contributed by atoms with van der Waals surface area (Å²) in [5.41, 5.74) is 1.40. The molecule has 1 aliphatic heterocycles. The van der Waals surface area contributed by atoms with Crippen molar-refractivity contribution in [1.29, 1.82) is 0 Å². The molecule has 1 fully saturated rings. The van der Waals surface area contributed by atoms with Crippen molar-refractivity contribution in [3.05, 3.63) is 35.9 Å².